The molecule has 132 valence electrons. The van der Waals surface area contributed by atoms with Crippen molar-refractivity contribution in [3.63, 3.8) is 0 Å². The predicted octanol–water partition coefficient (Wildman–Crippen LogP) is 1.22. The smallest absolute Gasteiger partial charge is 0.139 e. The van der Waals surface area contributed by atoms with E-state index in [4.69, 9.17) is 4.74 Å². The van der Waals surface area contributed by atoms with E-state index in [-0.39, 0.29) is 0 Å². The van der Waals surface area contributed by atoms with E-state index >= 15 is 0 Å². The van der Waals surface area contributed by atoms with Crippen molar-refractivity contribution < 1.29 is 15.0 Å². The van der Waals surface area contributed by atoms with Gasteiger partial charge in [0.1, 0.15) is 24.4 Å². The maximum atomic E-state index is 5.34. The Morgan fingerprint density at radius 1 is 1.04 bits per heavy atom. The molecule has 5 rings (SSSR count). The topological polar surface area (TPSA) is 30.3 Å². The standard InChI is InChI=1S/C22H28N2O/c1-25-20-9-7-18(8-10-20)21(15-17-5-3-2-4-6-17)23-22-16-24-13-11-19(22)12-14-24/h2-10,19,21-23H,11-16H2,1H3/p+2. The van der Waals surface area contributed by atoms with Crippen LogP contribution in [0.1, 0.15) is 30.0 Å². The second-order valence-electron chi connectivity index (χ2n) is 7.72. The Morgan fingerprint density at radius 2 is 1.76 bits per heavy atom. The molecule has 25 heavy (non-hydrogen) atoms. The van der Waals surface area contributed by atoms with Gasteiger partial charge in [0.05, 0.1) is 20.2 Å². The van der Waals surface area contributed by atoms with Crippen LogP contribution < -0.4 is 15.0 Å². The Kier molecular flexibility index (Phi) is 5.04. The van der Waals surface area contributed by atoms with Crippen molar-refractivity contribution >= 4 is 0 Å². The summed E-state index contributed by atoms with van der Waals surface area (Å²) >= 11 is 0. The molecule has 0 aliphatic carbocycles. The molecule has 3 heteroatoms. The molecule has 3 nitrogen and oxygen atoms in total. The minimum absolute atomic E-state index is 0.484. The normalized spacial score (nSPS) is 26.4. The summed E-state index contributed by atoms with van der Waals surface area (Å²) < 4.78 is 5.34. The molecule has 2 aromatic rings. The van der Waals surface area contributed by atoms with E-state index in [9.17, 15) is 0 Å². The van der Waals surface area contributed by atoms with Crippen LogP contribution in [0.2, 0.25) is 0 Å². The molecular weight excluding hydrogens is 308 g/mol. The second-order valence-corrected chi connectivity index (χ2v) is 7.72. The molecule has 2 aromatic carbocycles. The van der Waals surface area contributed by atoms with Gasteiger partial charge in [0, 0.05) is 30.7 Å². The van der Waals surface area contributed by atoms with Gasteiger partial charge in [-0.3, -0.25) is 0 Å². The number of fused-ring (bicyclic) bond motifs is 3. The molecule has 0 aromatic heterocycles. The van der Waals surface area contributed by atoms with Gasteiger partial charge in [0.2, 0.25) is 0 Å². The molecule has 3 fully saturated rings. The van der Waals surface area contributed by atoms with Crippen LogP contribution in [0.15, 0.2) is 54.6 Å². The lowest BCUT2D eigenvalue weighted by Crippen LogP contribution is -3.20. The third-order valence-electron chi connectivity index (χ3n) is 6.19. The van der Waals surface area contributed by atoms with Crippen LogP contribution in [-0.2, 0) is 6.42 Å². The summed E-state index contributed by atoms with van der Waals surface area (Å²) in [6.45, 7) is 4.12. The first-order chi connectivity index (χ1) is 12.3. The molecule has 0 spiro atoms. The van der Waals surface area contributed by atoms with Crippen molar-refractivity contribution in [1.29, 1.82) is 0 Å². The average molecular weight is 338 g/mol. The number of methoxy groups -OCH3 is 1. The summed E-state index contributed by atoms with van der Waals surface area (Å²) in [5.41, 5.74) is 2.84. The number of benzene rings is 2. The van der Waals surface area contributed by atoms with Gasteiger partial charge < -0.3 is 15.0 Å². The zero-order valence-electron chi connectivity index (χ0n) is 15.2. The highest BCUT2D eigenvalue weighted by Crippen LogP contribution is 2.21. The van der Waals surface area contributed by atoms with E-state index in [2.05, 4.69) is 59.9 Å². The van der Waals surface area contributed by atoms with Gasteiger partial charge in [-0.2, -0.15) is 0 Å². The Bertz CT molecular complexity index is 662. The SMILES string of the molecule is COc1ccc(C(Cc2ccccc2)[NH2+]C2C[NH+]3CCC2CC3)cc1. The molecule has 3 saturated heterocycles. The molecular formula is C22H30N2O+2. The van der Waals surface area contributed by atoms with Crippen molar-refractivity contribution in [2.75, 3.05) is 26.7 Å². The fourth-order valence-electron chi connectivity index (χ4n) is 4.72. The molecule has 2 unspecified atom stereocenters. The summed E-state index contributed by atoms with van der Waals surface area (Å²) in [5.74, 6) is 1.85. The first kappa shape index (κ1) is 16.6. The number of rotatable bonds is 6. The van der Waals surface area contributed by atoms with Crippen molar-refractivity contribution in [2.45, 2.75) is 31.3 Å². The Hall–Kier alpha value is -1.84. The first-order valence-corrected chi connectivity index (χ1v) is 9.68. The molecule has 3 N–H and O–H groups in total. The number of quaternary nitrogens is 2. The third kappa shape index (κ3) is 3.88. The quantitative estimate of drug-likeness (QED) is 0.815. The number of nitrogens with two attached hydrogens (primary N) is 1. The fourth-order valence-corrected chi connectivity index (χ4v) is 4.72. The molecule has 3 aliphatic rings. The second kappa shape index (κ2) is 7.59. The van der Waals surface area contributed by atoms with Crippen molar-refractivity contribution in [2.24, 2.45) is 5.92 Å². The number of piperidine rings is 3. The molecule has 2 atom stereocenters. The van der Waals surface area contributed by atoms with E-state index in [1.54, 1.807) is 7.11 Å². The molecule has 3 aliphatic heterocycles. The van der Waals surface area contributed by atoms with Crippen LogP contribution in [0.25, 0.3) is 0 Å². The van der Waals surface area contributed by atoms with Crippen LogP contribution in [0.5, 0.6) is 5.75 Å². The summed E-state index contributed by atoms with van der Waals surface area (Å²) in [5, 5.41) is 2.68. The van der Waals surface area contributed by atoms with Crippen LogP contribution in [-0.4, -0.2) is 32.8 Å². The van der Waals surface area contributed by atoms with Crippen molar-refractivity contribution in [3.05, 3.63) is 65.7 Å². The number of hydrogen-bond donors (Lipinski definition) is 2. The van der Waals surface area contributed by atoms with Gasteiger partial charge in [-0.25, -0.2) is 0 Å². The summed E-state index contributed by atoms with van der Waals surface area (Å²) in [6.07, 6.45) is 3.92. The van der Waals surface area contributed by atoms with Crippen LogP contribution >= 0.6 is 0 Å². The van der Waals surface area contributed by atoms with Gasteiger partial charge in [-0.05, 0) is 29.8 Å². The van der Waals surface area contributed by atoms with Crippen molar-refractivity contribution in [1.82, 2.24) is 0 Å². The average Bonchev–Trinajstić information content (AvgIpc) is 2.69. The van der Waals surface area contributed by atoms with Gasteiger partial charge in [-0.15, -0.1) is 0 Å². The fraction of sp³-hybridized carbons (Fsp3) is 0.455. The monoisotopic (exact) mass is 338 g/mol. The molecule has 0 amide bonds. The first-order valence-electron chi connectivity index (χ1n) is 9.68. The van der Waals surface area contributed by atoms with Gasteiger partial charge in [0.25, 0.3) is 0 Å². The molecule has 2 bridgehead atoms. The van der Waals surface area contributed by atoms with E-state index in [0.717, 1.165) is 24.1 Å². The predicted molar refractivity (Wildman–Crippen MR) is 99.9 cm³/mol. The Labute approximate surface area is 151 Å². The highest BCUT2D eigenvalue weighted by Gasteiger charge is 2.41. The Morgan fingerprint density at radius 3 is 2.36 bits per heavy atom. The van der Waals surface area contributed by atoms with Gasteiger partial charge >= 0.3 is 0 Å². The lowest BCUT2D eigenvalue weighted by Gasteiger charge is -2.41. The third-order valence-corrected chi connectivity index (χ3v) is 6.19. The van der Waals surface area contributed by atoms with Crippen LogP contribution in [0.4, 0.5) is 0 Å². The largest absolute Gasteiger partial charge is 0.497 e. The minimum atomic E-state index is 0.484. The van der Waals surface area contributed by atoms with E-state index < -0.39 is 0 Å². The lowest BCUT2D eigenvalue weighted by atomic mass is 9.83. The maximum absolute atomic E-state index is 5.34. The number of hydrogen-bond acceptors (Lipinski definition) is 1. The summed E-state index contributed by atoms with van der Waals surface area (Å²) in [4.78, 5) is 1.82. The highest BCUT2D eigenvalue weighted by molar-refractivity contribution is 5.29. The van der Waals surface area contributed by atoms with E-state index in [0.29, 0.717) is 6.04 Å². The maximum Gasteiger partial charge on any atom is 0.139 e. The van der Waals surface area contributed by atoms with Crippen LogP contribution in [0, 0.1) is 5.92 Å². The summed E-state index contributed by atoms with van der Waals surface area (Å²) in [6, 6.07) is 20.9. The minimum Gasteiger partial charge on any atom is -0.497 e. The van der Waals surface area contributed by atoms with Crippen LogP contribution in [0.3, 0.4) is 0 Å². The van der Waals surface area contributed by atoms with Gasteiger partial charge in [0.15, 0.2) is 0 Å². The molecule has 0 radical (unpaired) electrons. The molecule has 3 heterocycles. The zero-order valence-corrected chi connectivity index (χ0v) is 15.2. The Balaban J connectivity index is 1.54. The lowest BCUT2D eigenvalue weighted by molar-refractivity contribution is -0.945. The van der Waals surface area contributed by atoms with Crippen molar-refractivity contribution in [3.8, 4) is 5.75 Å². The van der Waals surface area contributed by atoms with E-state index in [1.165, 1.54) is 43.6 Å². The summed E-state index contributed by atoms with van der Waals surface area (Å²) in [7, 11) is 1.73. The number of ether oxygens (including phenoxy) is 1. The van der Waals surface area contributed by atoms with E-state index in [1.807, 2.05) is 4.90 Å². The van der Waals surface area contributed by atoms with Gasteiger partial charge in [-0.1, -0.05) is 30.3 Å². The molecule has 0 saturated carbocycles. The zero-order chi connectivity index (χ0) is 17.1. The highest BCUT2D eigenvalue weighted by atomic mass is 16.5. The number of nitrogens with one attached hydrogen (secondary N) is 1.